The number of piperidine rings is 1. The molecule has 200 valence electrons. The lowest BCUT2D eigenvalue weighted by Gasteiger charge is -2.35. The van der Waals surface area contributed by atoms with E-state index in [0.29, 0.717) is 16.6 Å². The van der Waals surface area contributed by atoms with Crippen molar-refractivity contribution >= 4 is 61.2 Å². The molecule has 0 radical (unpaired) electrons. The van der Waals surface area contributed by atoms with Crippen LogP contribution in [0, 0.1) is 5.92 Å². The summed E-state index contributed by atoms with van der Waals surface area (Å²) in [7, 11) is -4.24. The van der Waals surface area contributed by atoms with Gasteiger partial charge >= 0.3 is 6.36 Å². The molecule has 38 heavy (non-hydrogen) atoms. The number of sulfonamides is 1. The molecule has 0 amide bonds. The van der Waals surface area contributed by atoms with E-state index in [0.717, 1.165) is 52.3 Å². The lowest BCUT2D eigenvalue weighted by Crippen LogP contribution is -2.48. The van der Waals surface area contributed by atoms with Crippen LogP contribution in [0.1, 0.15) is 6.04 Å². The van der Waals surface area contributed by atoms with Crippen LogP contribution >= 0.6 is 23.2 Å². The summed E-state index contributed by atoms with van der Waals surface area (Å²) in [4.78, 5) is -0.311. The average Bonchev–Trinajstić information content (AvgIpc) is 3.15. The standard InChI is InChI=1S/C25H20Cl2F3N3O4S/c26-15-1-7-21-19(9-15)20-10-16(27)2-8-22(20)33(21)23-13-31-11-14(24(23)34)12-32-38(35,36)18-5-3-17(4-6-18)37-25(28,29)30/h1-10,12,14,23-24,31,34H,11,13H2/t14?,23-,24-/m0/s1. The fourth-order valence-corrected chi connectivity index (χ4v) is 5.96. The van der Waals surface area contributed by atoms with Gasteiger partial charge in [-0.15, -0.1) is 13.2 Å². The maximum atomic E-state index is 12.7. The molecule has 2 heterocycles. The second kappa shape index (κ2) is 10.0. The van der Waals surface area contributed by atoms with Crippen LogP contribution in [0.2, 0.25) is 10.0 Å². The fraction of sp³-hybridized carbons (Fsp3) is 0.240. The predicted molar refractivity (Wildman–Crippen MR) is 140 cm³/mol. The third-order valence-corrected chi connectivity index (χ3v) is 8.11. The number of rotatable bonds is 5. The Hall–Kier alpha value is -2.83. The molecule has 1 unspecified atom stereocenters. The number of benzene rings is 3. The number of aromatic nitrogens is 1. The first-order chi connectivity index (χ1) is 17.9. The van der Waals surface area contributed by atoms with Gasteiger partial charge < -0.3 is 19.7 Å². The van der Waals surface area contributed by atoms with Crippen molar-refractivity contribution in [3.63, 3.8) is 0 Å². The highest BCUT2D eigenvalue weighted by Crippen LogP contribution is 2.37. The Morgan fingerprint density at radius 1 is 0.974 bits per heavy atom. The van der Waals surface area contributed by atoms with Crippen LogP contribution in [0.15, 0.2) is 70.0 Å². The van der Waals surface area contributed by atoms with E-state index in [1.807, 2.05) is 28.8 Å². The van der Waals surface area contributed by atoms with Crippen LogP contribution in [0.25, 0.3) is 21.8 Å². The van der Waals surface area contributed by atoms with E-state index in [4.69, 9.17) is 23.2 Å². The highest BCUT2D eigenvalue weighted by Gasteiger charge is 2.34. The molecule has 3 atom stereocenters. The molecule has 4 aromatic rings. The molecule has 3 aromatic carbocycles. The zero-order chi connectivity index (χ0) is 27.2. The van der Waals surface area contributed by atoms with Crippen molar-refractivity contribution in [3.8, 4) is 5.75 Å². The second-order valence-electron chi connectivity index (χ2n) is 8.82. The Morgan fingerprint density at radius 3 is 2.11 bits per heavy atom. The van der Waals surface area contributed by atoms with E-state index in [-0.39, 0.29) is 11.4 Å². The first-order valence-corrected chi connectivity index (χ1v) is 13.6. The zero-order valence-electron chi connectivity index (χ0n) is 19.4. The van der Waals surface area contributed by atoms with Gasteiger partial charge in [0, 0.05) is 57.1 Å². The van der Waals surface area contributed by atoms with Gasteiger partial charge in [0.05, 0.1) is 17.0 Å². The highest BCUT2D eigenvalue weighted by atomic mass is 35.5. The Kier molecular flexibility index (Phi) is 7.08. The zero-order valence-corrected chi connectivity index (χ0v) is 21.7. The Bertz CT molecular complexity index is 1580. The van der Waals surface area contributed by atoms with Crippen molar-refractivity contribution in [1.29, 1.82) is 0 Å². The van der Waals surface area contributed by atoms with Crippen LogP contribution in [0.3, 0.4) is 0 Å². The monoisotopic (exact) mass is 585 g/mol. The minimum atomic E-state index is -4.89. The number of halogens is 5. The number of nitrogens with one attached hydrogen (secondary N) is 1. The number of ether oxygens (including phenoxy) is 1. The summed E-state index contributed by atoms with van der Waals surface area (Å²) in [5, 5.41) is 17.4. The number of aliphatic hydroxyl groups excluding tert-OH is 1. The molecule has 1 saturated heterocycles. The molecule has 0 bridgehead atoms. The van der Waals surface area contributed by atoms with Crippen LogP contribution in [-0.2, 0) is 10.0 Å². The van der Waals surface area contributed by atoms with Crippen molar-refractivity contribution in [1.82, 2.24) is 9.88 Å². The molecule has 0 aliphatic carbocycles. The van der Waals surface area contributed by atoms with Crippen molar-refractivity contribution < 1.29 is 31.4 Å². The number of fused-ring (bicyclic) bond motifs is 3. The van der Waals surface area contributed by atoms with Gasteiger partial charge in [0.15, 0.2) is 0 Å². The maximum absolute atomic E-state index is 12.7. The summed E-state index contributed by atoms with van der Waals surface area (Å²) in [5.41, 5.74) is 1.65. The molecule has 2 N–H and O–H groups in total. The summed E-state index contributed by atoms with van der Waals surface area (Å²) in [6, 6.07) is 14.1. The molecule has 7 nitrogen and oxygen atoms in total. The molecular formula is C25H20Cl2F3N3O4S. The van der Waals surface area contributed by atoms with Gasteiger partial charge in [0.2, 0.25) is 0 Å². The lowest BCUT2D eigenvalue weighted by molar-refractivity contribution is -0.274. The largest absolute Gasteiger partial charge is 0.573 e. The quantitative estimate of drug-likeness (QED) is 0.298. The molecular weight excluding hydrogens is 566 g/mol. The second-order valence-corrected chi connectivity index (χ2v) is 11.3. The number of aliphatic hydroxyl groups is 1. The Morgan fingerprint density at radius 2 is 1.55 bits per heavy atom. The Balaban J connectivity index is 1.44. The molecule has 5 rings (SSSR count). The van der Waals surface area contributed by atoms with Crippen LogP contribution in [-0.4, -0.2) is 49.9 Å². The molecule has 0 saturated carbocycles. The van der Waals surface area contributed by atoms with Crippen LogP contribution in [0.5, 0.6) is 5.75 Å². The van der Waals surface area contributed by atoms with Gasteiger partial charge in [-0.25, -0.2) is 0 Å². The van der Waals surface area contributed by atoms with Crippen molar-refractivity contribution in [2.45, 2.75) is 23.4 Å². The summed E-state index contributed by atoms with van der Waals surface area (Å²) >= 11 is 12.5. The van der Waals surface area contributed by atoms with E-state index in [1.165, 1.54) is 0 Å². The smallest absolute Gasteiger partial charge is 0.406 e. The third-order valence-electron chi connectivity index (χ3n) is 6.37. The number of nitrogens with zero attached hydrogens (tertiary/aromatic N) is 2. The summed E-state index contributed by atoms with van der Waals surface area (Å²) in [6.45, 7) is 0.674. The minimum Gasteiger partial charge on any atom is -0.406 e. The van der Waals surface area contributed by atoms with Crippen LogP contribution in [0.4, 0.5) is 13.2 Å². The predicted octanol–water partition coefficient (Wildman–Crippen LogP) is 5.58. The number of alkyl halides is 3. The fourth-order valence-electron chi connectivity index (χ4n) is 4.70. The van der Waals surface area contributed by atoms with Gasteiger partial charge in [-0.05, 0) is 60.7 Å². The average molecular weight is 586 g/mol. The van der Waals surface area contributed by atoms with E-state index in [9.17, 15) is 26.7 Å². The van der Waals surface area contributed by atoms with E-state index in [2.05, 4.69) is 14.5 Å². The van der Waals surface area contributed by atoms with Crippen molar-refractivity contribution in [2.24, 2.45) is 10.3 Å². The summed E-state index contributed by atoms with van der Waals surface area (Å²) in [6.07, 6.45) is -4.75. The molecule has 1 aromatic heterocycles. The molecule has 13 heteroatoms. The molecule has 1 aliphatic heterocycles. The summed E-state index contributed by atoms with van der Waals surface area (Å²) < 4.78 is 72.0. The highest BCUT2D eigenvalue weighted by molar-refractivity contribution is 7.90. The van der Waals surface area contributed by atoms with E-state index < -0.39 is 40.2 Å². The molecule has 1 aliphatic rings. The normalized spacial score (nSPS) is 20.9. The van der Waals surface area contributed by atoms with Crippen molar-refractivity contribution in [3.05, 3.63) is 70.7 Å². The Labute approximate surface area is 225 Å². The van der Waals surface area contributed by atoms with Crippen molar-refractivity contribution in [2.75, 3.05) is 13.1 Å². The van der Waals surface area contributed by atoms with Gasteiger partial charge in [-0.3, -0.25) is 0 Å². The summed E-state index contributed by atoms with van der Waals surface area (Å²) in [5.74, 6) is -1.23. The first-order valence-electron chi connectivity index (χ1n) is 11.4. The van der Waals surface area contributed by atoms with Gasteiger partial charge in [0.25, 0.3) is 10.0 Å². The van der Waals surface area contributed by atoms with Gasteiger partial charge in [0.1, 0.15) is 5.75 Å². The number of hydrogen-bond acceptors (Lipinski definition) is 5. The third kappa shape index (κ3) is 5.34. The van der Waals surface area contributed by atoms with E-state index >= 15 is 0 Å². The number of hydrogen-bond donors (Lipinski definition) is 2. The first kappa shape index (κ1) is 26.8. The topological polar surface area (TPSA) is 92.9 Å². The van der Waals surface area contributed by atoms with Gasteiger partial charge in [-0.2, -0.15) is 12.8 Å². The maximum Gasteiger partial charge on any atom is 0.573 e. The minimum absolute atomic E-state index is 0.268. The molecule has 0 spiro atoms. The van der Waals surface area contributed by atoms with Gasteiger partial charge in [-0.1, -0.05) is 23.2 Å². The molecule has 1 fully saturated rings. The lowest BCUT2D eigenvalue weighted by atomic mass is 9.92. The van der Waals surface area contributed by atoms with E-state index in [1.54, 1.807) is 12.1 Å². The van der Waals surface area contributed by atoms with Crippen LogP contribution < -0.4 is 10.1 Å². The SMILES string of the molecule is O=S(=O)(N=CC1CNC[C@H](n2c3ccc(Cl)cc3c3cc(Cl)ccc32)[C@H]1O)c1ccc(OC(F)(F)F)cc1.